The Morgan fingerprint density at radius 1 is 0.400 bits per heavy atom. The van der Waals surface area contributed by atoms with Crippen molar-refractivity contribution in [2.75, 3.05) is 12.5 Å². The summed E-state index contributed by atoms with van der Waals surface area (Å²) in [5, 5.41) is 0. The number of halogens is 8. The van der Waals surface area contributed by atoms with Crippen LogP contribution in [0.25, 0.3) is 0 Å². The summed E-state index contributed by atoms with van der Waals surface area (Å²) < 4.78 is 111. The molecule has 0 aliphatic heterocycles. The van der Waals surface area contributed by atoms with E-state index < -0.39 is 77.9 Å². The molecule has 2 aromatic carbocycles. The normalized spacial score (nSPS) is 11.3. The molecule has 25 heavy (non-hydrogen) atoms. The predicted molar refractivity (Wildman–Crippen MR) is 80.2 cm³/mol. The van der Waals surface area contributed by atoms with Gasteiger partial charge >= 0.3 is 0 Å². The van der Waals surface area contributed by atoms with E-state index >= 15 is 0 Å². The monoisotopic (exact) mass is 422 g/mol. The van der Waals surface area contributed by atoms with E-state index in [2.05, 4.69) is 0 Å². The van der Waals surface area contributed by atoms with E-state index in [0.717, 1.165) is 12.5 Å². The molecule has 0 nitrogen and oxygen atoms in total. The lowest BCUT2D eigenvalue weighted by Crippen LogP contribution is -2.05. The fourth-order valence-corrected chi connectivity index (χ4v) is 3.82. The van der Waals surface area contributed by atoms with Gasteiger partial charge in [-0.15, -0.1) is 23.5 Å². The van der Waals surface area contributed by atoms with E-state index in [1.807, 2.05) is 0 Å². The van der Waals surface area contributed by atoms with Gasteiger partial charge in [0.05, 0.1) is 19.6 Å². The summed E-state index contributed by atoms with van der Waals surface area (Å²) in [6.07, 6.45) is 2.30. The zero-order valence-electron chi connectivity index (χ0n) is 12.2. The minimum absolute atomic E-state index is 0.371. The lowest BCUT2D eigenvalue weighted by atomic mass is 10.3. The van der Waals surface area contributed by atoms with Crippen molar-refractivity contribution < 1.29 is 35.1 Å². The molecule has 0 bridgehead atoms. The maximum atomic E-state index is 13.9. The maximum Gasteiger partial charge on any atom is 0.177 e. The number of thioether (sulfide) groups is 2. The summed E-state index contributed by atoms with van der Waals surface area (Å²) in [6, 6.07) is 0. The number of benzene rings is 2. The van der Waals surface area contributed by atoms with Crippen LogP contribution in [0.15, 0.2) is 19.6 Å². The van der Waals surface area contributed by atoms with E-state index in [1.165, 1.54) is 0 Å². The smallest absolute Gasteiger partial charge is 0.177 e. The highest BCUT2D eigenvalue weighted by molar-refractivity contribution is 7.99. The summed E-state index contributed by atoms with van der Waals surface area (Å²) in [5.41, 5.74) is 0. The van der Waals surface area contributed by atoms with Gasteiger partial charge in [-0.3, -0.25) is 0 Å². The Hall–Kier alpha value is -1.07. The van der Waals surface area contributed by atoms with Crippen LogP contribution in [0.4, 0.5) is 35.1 Å². The third-order valence-corrected chi connectivity index (χ3v) is 5.64. The first kappa shape index (κ1) is 20.2. The quantitative estimate of drug-likeness (QED) is 0.318. The van der Waals surface area contributed by atoms with Gasteiger partial charge in [-0.1, -0.05) is 11.8 Å². The lowest BCUT2D eigenvalue weighted by molar-refractivity contribution is 0.395. The molecule has 0 saturated heterocycles. The Morgan fingerprint density at radius 3 is 0.800 bits per heavy atom. The van der Waals surface area contributed by atoms with E-state index in [9.17, 15) is 35.1 Å². The van der Waals surface area contributed by atoms with Crippen LogP contribution in [0.5, 0.6) is 0 Å². The Kier molecular flexibility index (Phi) is 6.21. The molecule has 0 unspecified atom stereocenters. The molecule has 2 aromatic rings. The van der Waals surface area contributed by atoms with Crippen molar-refractivity contribution in [3.8, 4) is 0 Å². The molecule has 0 saturated carbocycles. The molecule has 0 fully saturated rings. The topological polar surface area (TPSA) is 0 Å². The minimum Gasteiger partial charge on any atom is -0.202 e. The van der Waals surface area contributed by atoms with Gasteiger partial charge in [0.1, 0.15) is 0 Å². The van der Waals surface area contributed by atoms with Crippen LogP contribution in [-0.4, -0.2) is 12.5 Å². The third kappa shape index (κ3) is 3.33. The molecule has 0 amide bonds. The van der Waals surface area contributed by atoms with Crippen LogP contribution >= 0.6 is 35.3 Å². The van der Waals surface area contributed by atoms with Gasteiger partial charge in [0, 0.05) is 0 Å². The average molecular weight is 422 g/mol. The molecule has 0 N–H and O–H groups in total. The molecule has 0 spiro atoms. The largest absolute Gasteiger partial charge is 0.202 e. The SMILES string of the molecule is CSc1c(F)c(F)c(Sc2c(F)c(F)c(SC)c(F)c2F)c(F)c1F. The molecular weight excluding hydrogens is 416 g/mol. The zero-order chi connectivity index (χ0) is 19.0. The van der Waals surface area contributed by atoms with Gasteiger partial charge in [-0.2, -0.15) is 0 Å². The van der Waals surface area contributed by atoms with Crippen LogP contribution < -0.4 is 0 Å². The molecule has 0 heterocycles. The zero-order valence-corrected chi connectivity index (χ0v) is 14.7. The van der Waals surface area contributed by atoms with Crippen molar-refractivity contribution >= 4 is 35.3 Å². The van der Waals surface area contributed by atoms with Crippen molar-refractivity contribution in [3.05, 3.63) is 46.5 Å². The number of rotatable bonds is 4. The van der Waals surface area contributed by atoms with Crippen LogP contribution in [0.2, 0.25) is 0 Å². The van der Waals surface area contributed by atoms with Crippen LogP contribution in [-0.2, 0) is 0 Å². The summed E-state index contributed by atoms with van der Waals surface area (Å²) in [4.78, 5) is -4.87. The van der Waals surface area contributed by atoms with Gasteiger partial charge in [0.15, 0.2) is 46.5 Å². The fraction of sp³-hybridized carbons (Fsp3) is 0.143. The fourth-order valence-electron chi connectivity index (χ4n) is 1.82. The van der Waals surface area contributed by atoms with Crippen molar-refractivity contribution in [1.82, 2.24) is 0 Å². The van der Waals surface area contributed by atoms with Crippen molar-refractivity contribution in [1.29, 1.82) is 0 Å². The molecule has 11 heteroatoms. The molecule has 136 valence electrons. The first-order valence-corrected chi connectivity index (χ1v) is 9.41. The van der Waals surface area contributed by atoms with E-state index in [0.29, 0.717) is 23.5 Å². The first-order valence-electron chi connectivity index (χ1n) is 6.14. The van der Waals surface area contributed by atoms with Gasteiger partial charge in [-0.25, -0.2) is 35.1 Å². The van der Waals surface area contributed by atoms with Crippen molar-refractivity contribution in [2.45, 2.75) is 19.6 Å². The highest BCUT2D eigenvalue weighted by atomic mass is 32.2. The first-order chi connectivity index (χ1) is 11.7. The van der Waals surface area contributed by atoms with Gasteiger partial charge < -0.3 is 0 Å². The van der Waals surface area contributed by atoms with Gasteiger partial charge in [0.2, 0.25) is 0 Å². The highest BCUT2D eigenvalue weighted by Crippen LogP contribution is 2.42. The Labute approximate surface area is 149 Å². The summed E-state index contributed by atoms with van der Waals surface area (Å²) >= 11 is 0.253. The molecular formula is C14H6F8S3. The van der Waals surface area contributed by atoms with Crippen molar-refractivity contribution in [2.24, 2.45) is 0 Å². The Balaban J connectivity index is 2.70. The standard InChI is InChI=1S/C14H6F8S3/c1-23-11-3(15)7(19)13(8(20)4(11)16)25-14-9(21)5(17)12(24-2)6(18)10(14)22/h1-2H3. The predicted octanol–water partition coefficient (Wildman–Crippen LogP) is 6.39. The summed E-state index contributed by atoms with van der Waals surface area (Å²) in [5.74, 6) is -14.8. The molecule has 0 aromatic heterocycles. The van der Waals surface area contributed by atoms with Crippen molar-refractivity contribution in [3.63, 3.8) is 0 Å². The van der Waals surface area contributed by atoms with E-state index in [4.69, 9.17) is 0 Å². The van der Waals surface area contributed by atoms with Crippen LogP contribution in [0.1, 0.15) is 0 Å². The number of hydrogen-bond acceptors (Lipinski definition) is 3. The number of hydrogen-bond donors (Lipinski definition) is 0. The molecule has 0 radical (unpaired) electrons. The van der Waals surface area contributed by atoms with Gasteiger partial charge in [-0.05, 0) is 12.5 Å². The second-order valence-corrected chi connectivity index (χ2v) is 6.99. The maximum absolute atomic E-state index is 13.9. The average Bonchev–Trinajstić information content (AvgIpc) is 2.59. The van der Waals surface area contributed by atoms with Gasteiger partial charge in [0.25, 0.3) is 0 Å². The summed E-state index contributed by atoms with van der Waals surface area (Å²) in [6.45, 7) is 0. The van der Waals surface area contributed by atoms with Crippen LogP contribution in [0.3, 0.4) is 0 Å². The Morgan fingerprint density at radius 2 is 0.600 bits per heavy atom. The molecule has 0 atom stereocenters. The molecule has 0 aliphatic carbocycles. The molecule has 0 aliphatic rings. The van der Waals surface area contributed by atoms with Crippen LogP contribution in [0, 0.1) is 46.5 Å². The minimum atomic E-state index is -1.93. The Bertz CT molecular complexity index is 725. The lowest BCUT2D eigenvalue weighted by Gasteiger charge is -2.13. The second kappa shape index (κ2) is 7.67. The van der Waals surface area contributed by atoms with E-state index in [-0.39, 0.29) is 0 Å². The van der Waals surface area contributed by atoms with E-state index in [1.54, 1.807) is 0 Å². The molecule has 2 rings (SSSR count). The summed E-state index contributed by atoms with van der Waals surface area (Å²) in [7, 11) is 0. The second-order valence-electron chi connectivity index (χ2n) is 4.34. The third-order valence-electron chi connectivity index (χ3n) is 2.98. The highest BCUT2D eigenvalue weighted by Gasteiger charge is 2.30.